The van der Waals surface area contributed by atoms with Crippen LogP contribution in [0.2, 0.25) is 0 Å². The molecule has 0 radical (unpaired) electrons. The zero-order valence-corrected chi connectivity index (χ0v) is 12.6. The third-order valence-electron chi connectivity index (χ3n) is 3.31. The van der Waals surface area contributed by atoms with E-state index >= 15 is 0 Å². The Hall–Kier alpha value is -2.40. The Balaban J connectivity index is 1.81. The zero-order valence-electron chi connectivity index (χ0n) is 11.8. The van der Waals surface area contributed by atoms with Crippen LogP contribution in [0.4, 0.5) is 4.79 Å². The van der Waals surface area contributed by atoms with Crippen LogP contribution in [-0.2, 0) is 6.42 Å². The van der Waals surface area contributed by atoms with Crippen LogP contribution in [0.25, 0.3) is 11.0 Å². The molecule has 3 rings (SSSR count). The first kappa shape index (κ1) is 14.5. The Kier molecular flexibility index (Phi) is 4.34. The first-order valence-electron chi connectivity index (χ1n) is 6.93. The van der Waals surface area contributed by atoms with E-state index in [1.165, 1.54) is 0 Å². The van der Waals surface area contributed by atoms with Gasteiger partial charge in [0.15, 0.2) is 0 Å². The van der Waals surface area contributed by atoms with Gasteiger partial charge in [-0.25, -0.2) is 4.79 Å². The molecule has 0 atom stereocenters. The van der Waals surface area contributed by atoms with Crippen molar-refractivity contribution in [2.45, 2.75) is 16.2 Å². The van der Waals surface area contributed by atoms with Crippen molar-refractivity contribution in [2.75, 3.05) is 6.54 Å². The smallest absolute Gasteiger partial charge is 0.404 e. The maximum Gasteiger partial charge on any atom is 0.404 e. The number of para-hydroxylation sites is 1. The van der Waals surface area contributed by atoms with Crippen molar-refractivity contribution in [1.82, 2.24) is 5.32 Å². The standard InChI is InChI=1S/C17H15NO3S/c19-17(20)18-10-9-12-5-1-4-8-15(12)22-16-11-21-14-7-3-2-6-13(14)16/h1-8,11,18H,9-10H2,(H,19,20). The average Bonchev–Trinajstić information content (AvgIpc) is 2.92. The molecule has 4 nitrogen and oxygen atoms in total. The maximum absolute atomic E-state index is 10.5. The molecular formula is C17H15NO3S. The second-order valence-electron chi connectivity index (χ2n) is 4.79. The molecule has 0 aliphatic rings. The van der Waals surface area contributed by atoms with Crippen LogP contribution in [0.1, 0.15) is 5.56 Å². The molecule has 0 saturated carbocycles. The summed E-state index contributed by atoms with van der Waals surface area (Å²) in [5.74, 6) is 0. The molecule has 22 heavy (non-hydrogen) atoms. The molecule has 3 aromatic rings. The van der Waals surface area contributed by atoms with Gasteiger partial charge in [0, 0.05) is 16.8 Å². The molecular weight excluding hydrogens is 298 g/mol. The number of benzene rings is 2. The summed E-state index contributed by atoms with van der Waals surface area (Å²) in [6.07, 6.45) is 1.43. The third kappa shape index (κ3) is 3.26. The third-order valence-corrected chi connectivity index (χ3v) is 4.46. The Morgan fingerprint density at radius 2 is 1.86 bits per heavy atom. The van der Waals surface area contributed by atoms with E-state index in [1.807, 2.05) is 48.5 Å². The monoisotopic (exact) mass is 313 g/mol. The number of carbonyl (C=O) groups is 1. The van der Waals surface area contributed by atoms with E-state index in [1.54, 1.807) is 18.0 Å². The van der Waals surface area contributed by atoms with E-state index < -0.39 is 6.09 Å². The minimum atomic E-state index is -0.994. The molecule has 1 aromatic heterocycles. The van der Waals surface area contributed by atoms with Gasteiger partial charge < -0.3 is 14.8 Å². The fourth-order valence-corrected chi connectivity index (χ4v) is 3.32. The minimum Gasteiger partial charge on any atom is -0.465 e. The topological polar surface area (TPSA) is 62.5 Å². The number of fused-ring (bicyclic) bond motifs is 1. The van der Waals surface area contributed by atoms with E-state index in [4.69, 9.17) is 9.52 Å². The Bertz CT molecular complexity index is 797. The van der Waals surface area contributed by atoms with Crippen molar-refractivity contribution < 1.29 is 14.3 Å². The van der Waals surface area contributed by atoms with Crippen molar-refractivity contribution in [2.24, 2.45) is 0 Å². The van der Waals surface area contributed by atoms with Crippen LogP contribution in [0.15, 0.2) is 69.0 Å². The first-order chi connectivity index (χ1) is 10.7. The highest BCUT2D eigenvalue weighted by molar-refractivity contribution is 7.99. The molecule has 0 saturated heterocycles. The van der Waals surface area contributed by atoms with Gasteiger partial charge in [0.05, 0.1) is 4.90 Å². The molecule has 0 unspecified atom stereocenters. The fraction of sp³-hybridized carbons (Fsp3) is 0.118. The second-order valence-corrected chi connectivity index (χ2v) is 5.87. The maximum atomic E-state index is 10.5. The fourth-order valence-electron chi connectivity index (χ4n) is 2.26. The predicted octanol–water partition coefficient (Wildman–Crippen LogP) is 4.39. The highest BCUT2D eigenvalue weighted by Crippen LogP contribution is 2.36. The van der Waals surface area contributed by atoms with Crippen LogP contribution in [0, 0.1) is 0 Å². The minimum absolute atomic E-state index is 0.402. The molecule has 2 aromatic carbocycles. The molecule has 0 aliphatic carbocycles. The van der Waals surface area contributed by atoms with Crippen LogP contribution in [0.5, 0.6) is 0 Å². The summed E-state index contributed by atoms with van der Waals surface area (Å²) < 4.78 is 5.56. The summed E-state index contributed by atoms with van der Waals surface area (Å²) in [4.78, 5) is 12.7. The number of hydrogen-bond acceptors (Lipinski definition) is 3. The molecule has 0 fully saturated rings. The van der Waals surface area contributed by atoms with E-state index in [-0.39, 0.29) is 0 Å². The molecule has 2 N–H and O–H groups in total. The van der Waals surface area contributed by atoms with Gasteiger partial charge >= 0.3 is 6.09 Å². The molecule has 5 heteroatoms. The SMILES string of the molecule is O=C(O)NCCc1ccccc1Sc1coc2ccccc12. The van der Waals surface area contributed by atoms with Crippen molar-refractivity contribution in [3.8, 4) is 0 Å². The number of furan rings is 1. The van der Waals surface area contributed by atoms with Crippen molar-refractivity contribution in [3.05, 3.63) is 60.4 Å². The van der Waals surface area contributed by atoms with E-state index in [2.05, 4.69) is 5.32 Å². The summed E-state index contributed by atoms with van der Waals surface area (Å²) in [5.41, 5.74) is 1.99. The van der Waals surface area contributed by atoms with Crippen molar-refractivity contribution in [1.29, 1.82) is 0 Å². The van der Waals surface area contributed by atoms with Gasteiger partial charge in [-0.1, -0.05) is 42.1 Å². The Morgan fingerprint density at radius 1 is 1.09 bits per heavy atom. The lowest BCUT2D eigenvalue weighted by atomic mass is 10.1. The zero-order chi connectivity index (χ0) is 15.4. The van der Waals surface area contributed by atoms with Crippen LogP contribution < -0.4 is 5.32 Å². The Morgan fingerprint density at radius 3 is 2.73 bits per heavy atom. The van der Waals surface area contributed by atoms with Gasteiger partial charge in [0.2, 0.25) is 0 Å². The molecule has 112 valence electrons. The number of nitrogens with one attached hydrogen (secondary N) is 1. The molecule has 1 heterocycles. The highest BCUT2D eigenvalue weighted by atomic mass is 32.2. The summed E-state index contributed by atoms with van der Waals surface area (Å²) in [7, 11) is 0. The van der Waals surface area contributed by atoms with Crippen LogP contribution in [-0.4, -0.2) is 17.7 Å². The van der Waals surface area contributed by atoms with Gasteiger partial charge in [-0.15, -0.1) is 0 Å². The van der Waals surface area contributed by atoms with E-state index in [0.717, 1.165) is 26.3 Å². The number of amides is 1. The quantitative estimate of drug-likeness (QED) is 0.733. The molecule has 1 amide bonds. The van der Waals surface area contributed by atoms with Gasteiger partial charge in [0.1, 0.15) is 11.8 Å². The lowest BCUT2D eigenvalue weighted by Crippen LogP contribution is -2.23. The lowest BCUT2D eigenvalue weighted by Gasteiger charge is -2.08. The Labute approximate surface area is 132 Å². The largest absolute Gasteiger partial charge is 0.465 e. The lowest BCUT2D eigenvalue weighted by molar-refractivity contribution is 0.194. The highest BCUT2D eigenvalue weighted by Gasteiger charge is 2.09. The number of rotatable bonds is 5. The molecule has 0 spiro atoms. The molecule has 0 bridgehead atoms. The van der Waals surface area contributed by atoms with Crippen LogP contribution >= 0.6 is 11.8 Å². The van der Waals surface area contributed by atoms with Gasteiger partial charge in [-0.2, -0.15) is 0 Å². The van der Waals surface area contributed by atoms with Crippen molar-refractivity contribution in [3.63, 3.8) is 0 Å². The number of hydrogen-bond donors (Lipinski definition) is 2. The summed E-state index contributed by atoms with van der Waals surface area (Å²) in [6, 6.07) is 15.9. The van der Waals surface area contributed by atoms with Gasteiger partial charge in [-0.3, -0.25) is 0 Å². The first-order valence-corrected chi connectivity index (χ1v) is 7.74. The second kappa shape index (κ2) is 6.58. The van der Waals surface area contributed by atoms with Crippen molar-refractivity contribution >= 4 is 28.8 Å². The summed E-state index contributed by atoms with van der Waals surface area (Å²) in [6.45, 7) is 0.402. The van der Waals surface area contributed by atoms with E-state index in [9.17, 15) is 4.79 Å². The normalized spacial score (nSPS) is 10.7. The summed E-state index contributed by atoms with van der Waals surface area (Å²) >= 11 is 1.64. The van der Waals surface area contributed by atoms with Gasteiger partial charge in [-0.05, 0) is 30.2 Å². The van der Waals surface area contributed by atoms with E-state index in [0.29, 0.717) is 13.0 Å². The van der Waals surface area contributed by atoms with Crippen LogP contribution in [0.3, 0.4) is 0 Å². The predicted molar refractivity (Wildman–Crippen MR) is 86.5 cm³/mol. The van der Waals surface area contributed by atoms with Gasteiger partial charge in [0.25, 0.3) is 0 Å². The molecule has 0 aliphatic heterocycles. The summed E-state index contributed by atoms with van der Waals surface area (Å²) in [5, 5.41) is 12.1. The number of carboxylic acid groups (broad SMARTS) is 1. The average molecular weight is 313 g/mol.